The van der Waals surface area contributed by atoms with Gasteiger partial charge in [-0.1, -0.05) is 13.8 Å². The molecule has 134 valence electrons. The van der Waals surface area contributed by atoms with E-state index < -0.39 is 5.82 Å². The number of carbonyl (C=O) groups excluding carboxylic acids is 2. The van der Waals surface area contributed by atoms with E-state index in [9.17, 15) is 14.0 Å². The van der Waals surface area contributed by atoms with Crippen molar-refractivity contribution in [3.8, 4) is 0 Å². The lowest BCUT2D eigenvalue weighted by Crippen LogP contribution is -2.33. The molecule has 0 saturated heterocycles. The van der Waals surface area contributed by atoms with Crippen LogP contribution in [0.5, 0.6) is 0 Å². The van der Waals surface area contributed by atoms with Crippen LogP contribution >= 0.6 is 0 Å². The van der Waals surface area contributed by atoms with Crippen LogP contribution in [0.3, 0.4) is 0 Å². The summed E-state index contributed by atoms with van der Waals surface area (Å²) in [6, 6.07) is 4.73. The molecule has 0 unspecified atom stereocenters. The molecule has 0 saturated carbocycles. The summed E-state index contributed by atoms with van der Waals surface area (Å²) in [5, 5.41) is 0. The van der Waals surface area contributed by atoms with Gasteiger partial charge >= 0.3 is 0 Å². The van der Waals surface area contributed by atoms with Crippen molar-refractivity contribution in [2.75, 3.05) is 22.9 Å². The number of halogens is 1. The van der Waals surface area contributed by atoms with Crippen molar-refractivity contribution in [1.82, 2.24) is 0 Å². The SMILES string of the molecule is CCCN(CCC)c1ccc(F)c(N2C(=O)C3=C(CCCC3)C2=O)c1. The second kappa shape index (κ2) is 7.38. The topological polar surface area (TPSA) is 40.6 Å². The van der Waals surface area contributed by atoms with Gasteiger partial charge in [-0.05, 0) is 56.7 Å². The third kappa shape index (κ3) is 3.20. The molecular formula is C20H25FN2O2. The number of benzene rings is 1. The van der Waals surface area contributed by atoms with Gasteiger partial charge in [-0.15, -0.1) is 0 Å². The number of carbonyl (C=O) groups is 2. The molecule has 2 amide bonds. The molecule has 1 aromatic carbocycles. The highest BCUT2D eigenvalue weighted by atomic mass is 19.1. The van der Waals surface area contributed by atoms with Crippen molar-refractivity contribution in [2.24, 2.45) is 0 Å². The fourth-order valence-corrected chi connectivity index (χ4v) is 3.74. The van der Waals surface area contributed by atoms with E-state index in [1.165, 1.54) is 6.07 Å². The van der Waals surface area contributed by atoms with Gasteiger partial charge in [0.1, 0.15) is 5.82 Å². The van der Waals surface area contributed by atoms with Crippen molar-refractivity contribution in [2.45, 2.75) is 52.4 Å². The third-order valence-electron chi connectivity index (χ3n) is 4.91. The van der Waals surface area contributed by atoms with Crippen molar-refractivity contribution >= 4 is 23.2 Å². The van der Waals surface area contributed by atoms with Crippen LogP contribution in [0.2, 0.25) is 0 Å². The molecule has 0 bridgehead atoms. The Kier molecular flexibility index (Phi) is 5.21. The summed E-state index contributed by atoms with van der Waals surface area (Å²) in [5.41, 5.74) is 2.10. The molecule has 1 aliphatic heterocycles. The second-order valence-corrected chi connectivity index (χ2v) is 6.73. The van der Waals surface area contributed by atoms with Crippen LogP contribution in [-0.4, -0.2) is 24.9 Å². The average Bonchev–Trinajstić information content (AvgIpc) is 2.87. The molecule has 25 heavy (non-hydrogen) atoms. The first-order valence-corrected chi connectivity index (χ1v) is 9.23. The number of imide groups is 1. The smallest absolute Gasteiger partial charge is 0.261 e. The first kappa shape index (κ1) is 17.6. The normalized spacial score (nSPS) is 17.3. The molecule has 0 atom stereocenters. The Labute approximate surface area is 148 Å². The molecule has 2 aliphatic rings. The van der Waals surface area contributed by atoms with E-state index >= 15 is 0 Å². The summed E-state index contributed by atoms with van der Waals surface area (Å²) in [5.74, 6) is -1.21. The van der Waals surface area contributed by atoms with Crippen LogP contribution in [0.15, 0.2) is 29.3 Å². The molecule has 1 aromatic rings. The maximum absolute atomic E-state index is 14.5. The number of rotatable bonds is 6. The molecule has 0 radical (unpaired) electrons. The molecule has 3 rings (SSSR count). The van der Waals surface area contributed by atoms with E-state index in [2.05, 4.69) is 18.7 Å². The Morgan fingerprint density at radius 1 is 1.00 bits per heavy atom. The number of hydrogen-bond donors (Lipinski definition) is 0. The van der Waals surface area contributed by atoms with Crippen LogP contribution in [0, 0.1) is 5.82 Å². The van der Waals surface area contributed by atoms with E-state index in [1.54, 1.807) is 12.1 Å². The maximum Gasteiger partial charge on any atom is 0.261 e. The number of anilines is 2. The van der Waals surface area contributed by atoms with Gasteiger partial charge in [0.15, 0.2) is 0 Å². The molecule has 1 aliphatic carbocycles. The van der Waals surface area contributed by atoms with Gasteiger partial charge < -0.3 is 4.90 Å². The lowest BCUT2D eigenvalue weighted by Gasteiger charge is -2.25. The highest BCUT2D eigenvalue weighted by Gasteiger charge is 2.40. The molecule has 0 spiro atoms. The summed E-state index contributed by atoms with van der Waals surface area (Å²) in [6.07, 6.45) is 5.02. The summed E-state index contributed by atoms with van der Waals surface area (Å²) in [4.78, 5) is 28.6. The van der Waals surface area contributed by atoms with Crippen LogP contribution in [0.4, 0.5) is 15.8 Å². The minimum atomic E-state index is -0.529. The average molecular weight is 344 g/mol. The maximum atomic E-state index is 14.5. The van der Waals surface area contributed by atoms with Gasteiger partial charge in [-0.3, -0.25) is 9.59 Å². The Morgan fingerprint density at radius 3 is 2.08 bits per heavy atom. The summed E-state index contributed by atoms with van der Waals surface area (Å²) >= 11 is 0. The molecule has 1 heterocycles. The first-order chi connectivity index (χ1) is 12.1. The van der Waals surface area contributed by atoms with E-state index in [0.717, 1.165) is 49.4 Å². The quantitative estimate of drug-likeness (QED) is 0.726. The van der Waals surface area contributed by atoms with Crippen LogP contribution in [0.1, 0.15) is 52.4 Å². The fourth-order valence-electron chi connectivity index (χ4n) is 3.74. The van der Waals surface area contributed by atoms with E-state index in [4.69, 9.17) is 0 Å². The minimum absolute atomic E-state index is 0.0825. The summed E-state index contributed by atoms with van der Waals surface area (Å²) in [7, 11) is 0. The van der Waals surface area contributed by atoms with Gasteiger partial charge in [0.05, 0.1) is 5.69 Å². The molecular weight excluding hydrogens is 319 g/mol. The zero-order valence-corrected chi connectivity index (χ0v) is 15.0. The van der Waals surface area contributed by atoms with Crippen molar-refractivity contribution in [1.29, 1.82) is 0 Å². The van der Waals surface area contributed by atoms with Crippen molar-refractivity contribution < 1.29 is 14.0 Å². The predicted octanol–water partition coefficient (Wildman–Crippen LogP) is 4.20. The van der Waals surface area contributed by atoms with Crippen molar-refractivity contribution in [3.05, 3.63) is 35.2 Å². The Morgan fingerprint density at radius 2 is 1.56 bits per heavy atom. The molecule has 0 aromatic heterocycles. The predicted molar refractivity (Wildman–Crippen MR) is 97.2 cm³/mol. The summed E-state index contributed by atoms with van der Waals surface area (Å²) in [6.45, 7) is 5.91. The third-order valence-corrected chi connectivity index (χ3v) is 4.91. The number of hydrogen-bond acceptors (Lipinski definition) is 3. The monoisotopic (exact) mass is 344 g/mol. The van der Waals surface area contributed by atoms with E-state index in [-0.39, 0.29) is 17.5 Å². The highest BCUT2D eigenvalue weighted by Crippen LogP contribution is 2.37. The molecule has 4 nitrogen and oxygen atoms in total. The largest absolute Gasteiger partial charge is 0.371 e. The molecule has 0 N–H and O–H groups in total. The van der Waals surface area contributed by atoms with Crippen molar-refractivity contribution in [3.63, 3.8) is 0 Å². The summed E-state index contributed by atoms with van der Waals surface area (Å²) < 4.78 is 14.5. The van der Waals surface area contributed by atoms with Gasteiger partial charge in [0.2, 0.25) is 0 Å². The zero-order chi connectivity index (χ0) is 18.0. The van der Waals surface area contributed by atoms with Gasteiger partial charge in [0.25, 0.3) is 11.8 Å². The Hall–Kier alpha value is -2.17. The van der Waals surface area contributed by atoms with Gasteiger partial charge in [-0.25, -0.2) is 9.29 Å². The number of amides is 2. The van der Waals surface area contributed by atoms with Crippen LogP contribution < -0.4 is 9.80 Å². The second-order valence-electron chi connectivity index (χ2n) is 6.73. The fraction of sp³-hybridized carbons (Fsp3) is 0.500. The highest BCUT2D eigenvalue weighted by molar-refractivity contribution is 6.33. The molecule has 5 heteroatoms. The molecule has 0 fully saturated rings. The first-order valence-electron chi connectivity index (χ1n) is 9.23. The van der Waals surface area contributed by atoms with E-state index in [1.807, 2.05) is 0 Å². The van der Waals surface area contributed by atoms with Crippen LogP contribution in [-0.2, 0) is 9.59 Å². The standard InChI is InChI=1S/C20H25FN2O2/c1-3-11-22(12-4-2)14-9-10-17(21)18(13-14)23-19(24)15-7-5-6-8-16(15)20(23)25/h9-10,13H,3-8,11-12H2,1-2H3. The lowest BCUT2D eigenvalue weighted by molar-refractivity contribution is -0.120. The zero-order valence-electron chi connectivity index (χ0n) is 15.0. The lowest BCUT2D eigenvalue weighted by atomic mass is 9.93. The van der Waals surface area contributed by atoms with Gasteiger partial charge in [0, 0.05) is 29.9 Å². The Balaban J connectivity index is 1.96. The van der Waals surface area contributed by atoms with Crippen LogP contribution in [0.25, 0.3) is 0 Å². The van der Waals surface area contributed by atoms with E-state index in [0.29, 0.717) is 24.0 Å². The van der Waals surface area contributed by atoms with Gasteiger partial charge in [-0.2, -0.15) is 0 Å². The number of nitrogens with zero attached hydrogens (tertiary/aromatic N) is 2. The Bertz CT molecular complexity index is 692. The minimum Gasteiger partial charge on any atom is -0.371 e.